The molecule has 16 heavy (non-hydrogen) atoms. The number of aliphatic hydroxyl groups is 1. The molecule has 1 atom stereocenters. The Balaban J connectivity index is 2.11. The first-order chi connectivity index (χ1) is 7.58. The highest BCUT2D eigenvalue weighted by Gasteiger charge is 2.25. The Morgan fingerprint density at radius 3 is 2.25 bits per heavy atom. The molecule has 1 aromatic rings. The molecule has 1 saturated carbocycles. The van der Waals surface area contributed by atoms with Crippen LogP contribution in [0.1, 0.15) is 37.4 Å². The van der Waals surface area contributed by atoms with Gasteiger partial charge < -0.3 is 5.11 Å². The Labute approximate surface area is 91.9 Å². The van der Waals surface area contributed by atoms with Crippen molar-refractivity contribution in [3.8, 4) is 0 Å². The van der Waals surface area contributed by atoms with Crippen molar-refractivity contribution in [1.29, 1.82) is 0 Å². The normalized spacial score (nSPS) is 17.5. The molecule has 1 fully saturated rings. The van der Waals surface area contributed by atoms with E-state index in [1.807, 2.05) is 0 Å². The van der Waals surface area contributed by atoms with E-state index >= 15 is 0 Å². The van der Waals surface area contributed by atoms with Crippen molar-refractivity contribution in [3.63, 3.8) is 0 Å². The lowest BCUT2D eigenvalue weighted by Gasteiger charge is -2.12. The van der Waals surface area contributed by atoms with Crippen LogP contribution in [0.5, 0.6) is 0 Å². The van der Waals surface area contributed by atoms with E-state index < -0.39 is 29.1 Å². The summed E-state index contributed by atoms with van der Waals surface area (Å²) in [6, 6.07) is 1.19. The summed E-state index contributed by atoms with van der Waals surface area (Å²) in [5.74, 6) is -2.41. The topological polar surface area (TPSA) is 20.2 Å². The van der Waals surface area contributed by atoms with Crippen LogP contribution in [0.3, 0.4) is 0 Å². The number of hydrogen-bond donors (Lipinski definition) is 1. The second-order valence-electron chi connectivity index (χ2n) is 4.32. The summed E-state index contributed by atoms with van der Waals surface area (Å²) in [5.41, 5.74) is -0.415. The largest absolute Gasteiger partial charge is 0.388 e. The van der Waals surface area contributed by atoms with Crippen molar-refractivity contribution in [2.24, 2.45) is 5.92 Å². The Kier molecular flexibility index (Phi) is 3.19. The molecule has 0 heterocycles. The lowest BCUT2D eigenvalue weighted by atomic mass is 10.0. The molecule has 2 rings (SSSR count). The predicted octanol–water partition coefficient (Wildman–Crippen LogP) is 3.33. The van der Waals surface area contributed by atoms with Gasteiger partial charge in [0.1, 0.15) is 17.5 Å². The van der Waals surface area contributed by atoms with E-state index in [0.717, 1.165) is 19.3 Å². The van der Waals surface area contributed by atoms with Crippen LogP contribution in [0.15, 0.2) is 12.1 Å². The summed E-state index contributed by atoms with van der Waals surface area (Å²) in [7, 11) is 0. The summed E-state index contributed by atoms with van der Waals surface area (Å²) in [6.45, 7) is 0. The number of halogens is 3. The molecule has 1 aliphatic rings. The monoisotopic (exact) mass is 230 g/mol. The Bertz CT molecular complexity index is 365. The number of hydrogen-bond acceptors (Lipinski definition) is 1. The summed E-state index contributed by atoms with van der Waals surface area (Å²) in [4.78, 5) is 0. The van der Waals surface area contributed by atoms with Crippen LogP contribution in [0.4, 0.5) is 13.2 Å². The Morgan fingerprint density at radius 2 is 1.75 bits per heavy atom. The van der Waals surface area contributed by atoms with Crippen molar-refractivity contribution in [1.82, 2.24) is 0 Å². The first kappa shape index (κ1) is 11.5. The average molecular weight is 230 g/mol. The maximum Gasteiger partial charge on any atom is 0.134 e. The van der Waals surface area contributed by atoms with Gasteiger partial charge in [0.05, 0.1) is 11.7 Å². The molecule has 1 aromatic carbocycles. The molecule has 1 aliphatic carbocycles. The van der Waals surface area contributed by atoms with E-state index in [9.17, 15) is 18.3 Å². The van der Waals surface area contributed by atoms with Crippen LogP contribution in [0.25, 0.3) is 0 Å². The molecule has 0 aromatic heterocycles. The maximum atomic E-state index is 13.3. The molecular weight excluding hydrogens is 217 g/mol. The molecule has 0 saturated heterocycles. The van der Waals surface area contributed by atoms with Gasteiger partial charge in [-0.1, -0.05) is 12.8 Å². The predicted molar refractivity (Wildman–Crippen MR) is 53.2 cm³/mol. The van der Waals surface area contributed by atoms with Crippen LogP contribution in [0, 0.1) is 23.4 Å². The molecular formula is C12H13F3O. The van der Waals surface area contributed by atoms with Crippen molar-refractivity contribution in [2.75, 3.05) is 0 Å². The molecule has 1 N–H and O–H groups in total. The third-order valence-corrected chi connectivity index (χ3v) is 2.92. The smallest absolute Gasteiger partial charge is 0.134 e. The zero-order valence-electron chi connectivity index (χ0n) is 8.72. The van der Waals surface area contributed by atoms with Crippen LogP contribution >= 0.6 is 0 Å². The minimum absolute atomic E-state index is 0.324. The third kappa shape index (κ3) is 2.55. The van der Waals surface area contributed by atoms with E-state index in [4.69, 9.17) is 0 Å². The van der Waals surface area contributed by atoms with E-state index in [1.54, 1.807) is 0 Å². The van der Waals surface area contributed by atoms with E-state index in [1.165, 1.54) is 0 Å². The van der Waals surface area contributed by atoms with Gasteiger partial charge >= 0.3 is 0 Å². The molecule has 0 spiro atoms. The zero-order chi connectivity index (χ0) is 11.7. The standard InChI is InChI=1S/C12H13F3O/c13-8-5-9(14)12(10(15)6-8)11(16)4-3-7-1-2-7/h5-7,11,16H,1-4H2. The second kappa shape index (κ2) is 4.45. The number of aliphatic hydroxyl groups excluding tert-OH is 1. The zero-order valence-corrected chi connectivity index (χ0v) is 8.72. The van der Waals surface area contributed by atoms with Crippen LogP contribution in [0.2, 0.25) is 0 Å². The number of benzene rings is 1. The van der Waals surface area contributed by atoms with Gasteiger partial charge in [0.15, 0.2) is 0 Å². The average Bonchev–Trinajstić information content (AvgIpc) is 2.96. The molecule has 0 radical (unpaired) electrons. The van der Waals surface area contributed by atoms with Gasteiger partial charge in [0, 0.05) is 12.1 Å². The highest BCUT2D eigenvalue weighted by atomic mass is 19.1. The highest BCUT2D eigenvalue weighted by Crippen LogP contribution is 2.36. The van der Waals surface area contributed by atoms with Gasteiger partial charge in [-0.3, -0.25) is 0 Å². The van der Waals surface area contributed by atoms with Crippen molar-refractivity contribution >= 4 is 0 Å². The minimum Gasteiger partial charge on any atom is -0.388 e. The lowest BCUT2D eigenvalue weighted by molar-refractivity contribution is 0.152. The molecule has 1 unspecified atom stereocenters. The van der Waals surface area contributed by atoms with Crippen molar-refractivity contribution in [2.45, 2.75) is 31.8 Å². The fourth-order valence-electron chi connectivity index (χ4n) is 1.82. The van der Waals surface area contributed by atoms with Gasteiger partial charge in [0.2, 0.25) is 0 Å². The Morgan fingerprint density at radius 1 is 1.19 bits per heavy atom. The fourth-order valence-corrected chi connectivity index (χ4v) is 1.82. The summed E-state index contributed by atoms with van der Waals surface area (Å²) < 4.78 is 39.2. The molecule has 88 valence electrons. The van der Waals surface area contributed by atoms with Gasteiger partial charge in [-0.15, -0.1) is 0 Å². The first-order valence-electron chi connectivity index (χ1n) is 5.40. The van der Waals surface area contributed by atoms with E-state index in [-0.39, 0.29) is 0 Å². The quantitative estimate of drug-likeness (QED) is 0.841. The molecule has 1 nitrogen and oxygen atoms in total. The van der Waals surface area contributed by atoms with Crippen LogP contribution < -0.4 is 0 Å². The summed E-state index contributed by atoms with van der Waals surface area (Å²) in [5, 5.41) is 9.65. The SMILES string of the molecule is OC(CCC1CC1)c1c(F)cc(F)cc1F. The van der Waals surface area contributed by atoms with Crippen molar-refractivity contribution < 1.29 is 18.3 Å². The van der Waals surface area contributed by atoms with Gasteiger partial charge in [-0.2, -0.15) is 0 Å². The maximum absolute atomic E-state index is 13.3. The van der Waals surface area contributed by atoms with Gasteiger partial charge in [-0.05, 0) is 18.8 Å². The summed E-state index contributed by atoms with van der Waals surface area (Å²) >= 11 is 0. The lowest BCUT2D eigenvalue weighted by Crippen LogP contribution is -2.05. The van der Waals surface area contributed by atoms with Crippen molar-refractivity contribution in [3.05, 3.63) is 35.1 Å². The second-order valence-corrected chi connectivity index (χ2v) is 4.32. The van der Waals surface area contributed by atoms with Crippen LogP contribution in [-0.4, -0.2) is 5.11 Å². The molecule has 0 aliphatic heterocycles. The first-order valence-corrected chi connectivity index (χ1v) is 5.40. The molecule has 0 amide bonds. The highest BCUT2D eigenvalue weighted by molar-refractivity contribution is 5.23. The van der Waals surface area contributed by atoms with Crippen LogP contribution in [-0.2, 0) is 0 Å². The van der Waals surface area contributed by atoms with E-state index in [2.05, 4.69) is 0 Å². The number of rotatable bonds is 4. The Hall–Kier alpha value is -1.03. The van der Waals surface area contributed by atoms with E-state index in [0.29, 0.717) is 24.5 Å². The summed E-state index contributed by atoms with van der Waals surface area (Å²) in [6.07, 6.45) is 2.16. The molecule has 0 bridgehead atoms. The minimum atomic E-state index is -1.18. The molecule has 4 heteroatoms. The van der Waals surface area contributed by atoms with Gasteiger partial charge in [-0.25, -0.2) is 13.2 Å². The van der Waals surface area contributed by atoms with Gasteiger partial charge in [0.25, 0.3) is 0 Å². The fraction of sp³-hybridized carbons (Fsp3) is 0.500. The third-order valence-electron chi connectivity index (χ3n) is 2.92.